The van der Waals surface area contributed by atoms with Crippen LogP contribution < -0.4 is 16.6 Å². The van der Waals surface area contributed by atoms with Crippen molar-refractivity contribution in [1.82, 2.24) is 9.97 Å². The van der Waals surface area contributed by atoms with Crippen LogP contribution in [-0.2, 0) is 4.74 Å². The Kier molecular flexibility index (Phi) is 3.09. The highest BCUT2D eigenvalue weighted by Crippen LogP contribution is 2.24. The summed E-state index contributed by atoms with van der Waals surface area (Å²) in [7, 11) is 1.72. The second kappa shape index (κ2) is 4.52. The summed E-state index contributed by atoms with van der Waals surface area (Å²) in [5, 5.41) is 3.18. The van der Waals surface area contributed by atoms with E-state index in [0.29, 0.717) is 11.9 Å². The highest BCUT2D eigenvalue weighted by atomic mass is 16.5. The predicted molar refractivity (Wildman–Crippen MR) is 61.3 cm³/mol. The number of aromatic nitrogens is 2. The van der Waals surface area contributed by atoms with Gasteiger partial charge in [0.25, 0.3) is 5.56 Å². The minimum absolute atomic E-state index is 0.142. The van der Waals surface area contributed by atoms with E-state index in [1.54, 1.807) is 7.11 Å². The molecule has 88 valence electrons. The van der Waals surface area contributed by atoms with Gasteiger partial charge in [0.1, 0.15) is 5.69 Å². The van der Waals surface area contributed by atoms with Gasteiger partial charge in [0.15, 0.2) is 5.82 Å². The van der Waals surface area contributed by atoms with Crippen LogP contribution in [0.15, 0.2) is 11.1 Å². The van der Waals surface area contributed by atoms with E-state index < -0.39 is 0 Å². The zero-order valence-electron chi connectivity index (χ0n) is 9.19. The maximum Gasteiger partial charge on any atom is 0.276 e. The maximum absolute atomic E-state index is 11.2. The molecule has 0 aromatic carbocycles. The number of nitrogens with one attached hydrogen (secondary N) is 2. The van der Waals surface area contributed by atoms with Crippen LogP contribution in [0.1, 0.15) is 19.3 Å². The number of aromatic amines is 1. The van der Waals surface area contributed by atoms with Crippen molar-refractivity contribution in [2.75, 3.05) is 18.2 Å². The molecule has 1 fully saturated rings. The molecular formula is C10H16N4O2. The smallest absolute Gasteiger partial charge is 0.276 e. The zero-order chi connectivity index (χ0) is 11.5. The van der Waals surface area contributed by atoms with Gasteiger partial charge in [-0.3, -0.25) is 4.79 Å². The van der Waals surface area contributed by atoms with Gasteiger partial charge in [0, 0.05) is 13.2 Å². The summed E-state index contributed by atoms with van der Waals surface area (Å²) in [5.41, 5.74) is 5.46. The number of anilines is 2. The summed E-state index contributed by atoms with van der Waals surface area (Å²) in [6.07, 6.45) is 4.60. The lowest BCUT2D eigenvalue weighted by Gasteiger charge is -2.14. The molecule has 1 aromatic heterocycles. The van der Waals surface area contributed by atoms with Gasteiger partial charge in [-0.1, -0.05) is 0 Å². The molecular weight excluding hydrogens is 208 g/mol. The molecule has 1 saturated carbocycles. The largest absolute Gasteiger partial charge is 0.391 e. The molecule has 1 heterocycles. The number of H-pyrrole nitrogens is 1. The van der Waals surface area contributed by atoms with Crippen molar-refractivity contribution in [3.63, 3.8) is 0 Å². The number of nitrogen functional groups attached to an aromatic ring is 1. The number of nitrogens with zero attached hydrogens (tertiary/aromatic N) is 1. The summed E-state index contributed by atoms with van der Waals surface area (Å²) in [6, 6.07) is 0.279. The van der Waals surface area contributed by atoms with Crippen LogP contribution in [0.3, 0.4) is 0 Å². The van der Waals surface area contributed by atoms with Crippen molar-refractivity contribution < 1.29 is 4.74 Å². The molecule has 4 N–H and O–H groups in total. The second-order valence-corrected chi connectivity index (χ2v) is 4.01. The number of hydrogen-bond donors (Lipinski definition) is 3. The molecule has 2 unspecified atom stereocenters. The van der Waals surface area contributed by atoms with Crippen LogP contribution in [0.4, 0.5) is 11.5 Å². The fourth-order valence-electron chi connectivity index (χ4n) is 2.00. The third-order valence-electron chi connectivity index (χ3n) is 2.95. The fraction of sp³-hybridized carbons (Fsp3) is 0.600. The minimum Gasteiger partial charge on any atom is -0.391 e. The van der Waals surface area contributed by atoms with Crippen LogP contribution >= 0.6 is 0 Å². The van der Waals surface area contributed by atoms with E-state index in [4.69, 9.17) is 10.5 Å². The van der Waals surface area contributed by atoms with Crippen molar-refractivity contribution >= 4 is 11.5 Å². The average Bonchev–Trinajstić information content (AvgIpc) is 2.73. The summed E-state index contributed by atoms with van der Waals surface area (Å²) in [6.45, 7) is 0. The normalized spacial score (nSPS) is 24.6. The molecule has 0 bridgehead atoms. The third-order valence-corrected chi connectivity index (χ3v) is 2.95. The van der Waals surface area contributed by atoms with Crippen molar-refractivity contribution in [2.24, 2.45) is 0 Å². The van der Waals surface area contributed by atoms with Gasteiger partial charge < -0.3 is 20.8 Å². The first-order chi connectivity index (χ1) is 7.70. The summed E-state index contributed by atoms with van der Waals surface area (Å²) < 4.78 is 5.27. The maximum atomic E-state index is 11.2. The Bertz CT molecular complexity index is 418. The zero-order valence-corrected chi connectivity index (χ0v) is 9.19. The van der Waals surface area contributed by atoms with E-state index in [9.17, 15) is 4.79 Å². The molecule has 6 nitrogen and oxygen atoms in total. The van der Waals surface area contributed by atoms with Crippen LogP contribution in [0, 0.1) is 0 Å². The standard InChI is InChI=1S/C10H16N4O2/c1-16-7-3-2-6(4-7)14-9-8(11)10(15)13-5-12-9/h5-7H,2-4,11H2,1H3,(H2,12,13,14,15). The van der Waals surface area contributed by atoms with Gasteiger partial charge >= 0.3 is 0 Å². The molecule has 1 aliphatic carbocycles. The molecule has 6 heteroatoms. The number of hydrogen-bond acceptors (Lipinski definition) is 5. The summed E-state index contributed by atoms with van der Waals surface area (Å²) >= 11 is 0. The molecule has 1 aromatic rings. The number of nitrogens with two attached hydrogens (primary N) is 1. The van der Waals surface area contributed by atoms with Crippen molar-refractivity contribution in [3.05, 3.63) is 16.7 Å². The summed E-state index contributed by atoms with van der Waals surface area (Å²) in [5.74, 6) is 0.463. The first kappa shape index (κ1) is 10.9. The first-order valence-electron chi connectivity index (χ1n) is 5.33. The number of rotatable bonds is 3. The topological polar surface area (TPSA) is 93.0 Å². The molecule has 1 aliphatic rings. The molecule has 0 amide bonds. The SMILES string of the molecule is COC1CCC(Nc2nc[nH]c(=O)c2N)C1. The first-order valence-corrected chi connectivity index (χ1v) is 5.33. The molecule has 0 saturated heterocycles. The molecule has 2 rings (SSSR count). The minimum atomic E-state index is -0.307. The number of methoxy groups -OCH3 is 1. The van der Waals surface area contributed by atoms with E-state index in [0.717, 1.165) is 19.3 Å². The number of ether oxygens (including phenoxy) is 1. The van der Waals surface area contributed by atoms with Gasteiger partial charge in [-0.05, 0) is 19.3 Å². The summed E-state index contributed by atoms with van der Waals surface area (Å²) in [4.78, 5) is 17.7. The Hall–Kier alpha value is -1.56. The van der Waals surface area contributed by atoms with Gasteiger partial charge in [0.2, 0.25) is 0 Å². The van der Waals surface area contributed by atoms with E-state index in [1.165, 1.54) is 6.33 Å². The van der Waals surface area contributed by atoms with Gasteiger partial charge in [-0.2, -0.15) is 0 Å². The monoisotopic (exact) mass is 224 g/mol. The van der Waals surface area contributed by atoms with Crippen LogP contribution in [-0.4, -0.2) is 29.2 Å². The van der Waals surface area contributed by atoms with Crippen LogP contribution in [0.2, 0.25) is 0 Å². The third kappa shape index (κ3) is 2.16. The van der Waals surface area contributed by atoms with Crippen LogP contribution in [0.5, 0.6) is 0 Å². The molecule has 0 aliphatic heterocycles. The predicted octanol–water partition coefficient (Wildman–Crippen LogP) is 0.331. The Labute approximate surface area is 93.2 Å². The van der Waals surface area contributed by atoms with Gasteiger partial charge in [-0.25, -0.2) is 4.98 Å². The quantitative estimate of drug-likeness (QED) is 0.688. The Morgan fingerprint density at radius 1 is 1.62 bits per heavy atom. The lowest BCUT2D eigenvalue weighted by Crippen LogP contribution is -2.22. The van der Waals surface area contributed by atoms with E-state index in [1.807, 2.05) is 0 Å². The Balaban J connectivity index is 2.05. The molecule has 2 atom stereocenters. The Morgan fingerprint density at radius 2 is 2.44 bits per heavy atom. The highest BCUT2D eigenvalue weighted by Gasteiger charge is 2.25. The molecule has 0 radical (unpaired) electrons. The average molecular weight is 224 g/mol. The molecule has 16 heavy (non-hydrogen) atoms. The van der Waals surface area contributed by atoms with Crippen LogP contribution in [0.25, 0.3) is 0 Å². The van der Waals surface area contributed by atoms with Crippen molar-refractivity contribution in [2.45, 2.75) is 31.4 Å². The lowest BCUT2D eigenvalue weighted by atomic mass is 10.2. The lowest BCUT2D eigenvalue weighted by molar-refractivity contribution is 0.108. The second-order valence-electron chi connectivity index (χ2n) is 4.01. The fourth-order valence-corrected chi connectivity index (χ4v) is 2.00. The van der Waals surface area contributed by atoms with Crippen molar-refractivity contribution in [3.8, 4) is 0 Å². The van der Waals surface area contributed by atoms with E-state index in [2.05, 4.69) is 15.3 Å². The highest BCUT2D eigenvalue weighted by molar-refractivity contribution is 5.59. The van der Waals surface area contributed by atoms with E-state index >= 15 is 0 Å². The van der Waals surface area contributed by atoms with E-state index in [-0.39, 0.29) is 17.3 Å². The Morgan fingerprint density at radius 3 is 3.12 bits per heavy atom. The van der Waals surface area contributed by atoms with Gasteiger partial charge in [-0.15, -0.1) is 0 Å². The molecule has 0 spiro atoms. The van der Waals surface area contributed by atoms with Crippen molar-refractivity contribution in [1.29, 1.82) is 0 Å². The van der Waals surface area contributed by atoms with Gasteiger partial charge in [0.05, 0.1) is 12.4 Å².